The van der Waals surface area contributed by atoms with Gasteiger partial charge in [-0.25, -0.2) is 4.98 Å². The summed E-state index contributed by atoms with van der Waals surface area (Å²) < 4.78 is 0. The first-order valence-corrected chi connectivity index (χ1v) is 8.03. The number of hydrogen-bond acceptors (Lipinski definition) is 4. The average molecular weight is 284 g/mol. The largest absolute Gasteiger partial charge is 0.353 e. The van der Waals surface area contributed by atoms with Crippen LogP contribution >= 0.6 is 0 Å². The molecule has 0 aromatic carbocycles. The summed E-state index contributed by atoms with van der Waals surface area (Å²) in [6, 6.07) is 6.18. The highest BCUT2D eigenvalue weighted by molar-refractivity contribution is 5.58. The van der Waals surface area contributed by atoms with Crippen LogP contribution in [-0.4, -0.2) is 29.7 Å². The Bertz CT molecular complexity index is 563. The van der Waals surface area contributed by atoms with Gasteiger partial charge in [-0.2, -0.15) is 5.26 Å². The fraction of sp³-hybridized carbons (Fsp3) is 0.647. The summed E-state index contributed by atoms with van der Waals surface area (Å²) in [6.45, 7) is 7.10. The quantitative estimate of drug-likeness (QED) is 0.927. The van der Waals surface area contributed by atoms with Crippen LogP contribution in [0.2, 0.25) is 0 Å². The lowest BCUT2D eigenvalue weighted by molar-refractivity contribution is 0.348. The van der Waals surface area contributed by atoms with Gasteiger partial charge in [0.1, 0.15) is 11.9 Å². The number of aromatic nitrogens is 1. The number of aryl methyl sites for hydroxylation is 2. The number of nitriles is 1. The Morgan fingerprint density at radius 3 is 2.57 bits per heavy atom. The number of rotatable bonds is 3. The summed E-state index contributed by atoms with van der Waals surface area (Å²) in [5, 5.41) is 13.2. The second-order valence-electron chi connectivity index (χ2n) is 6.44. The number of hydrogen-bond donors (Lipinski definition) is 1. The molecule has 2 unspecified atom stereocenters. The molecule has 0 radical (unpaired) electrons. The van der Waals surface area contributed by atoms with Crippen molar-refractivity contribution in [3.05, 3.63) is 22.9 Å². The van der Waals surface area contributed by atoms with E-state index in [0.717, 1.165) is 29.2 Å². The predicted molar refractivity (Wildman–Crippen MR) is 84.4 cm³/mol. The molecule has 4 nitrogen and oxygen atoms in total. The molecule has 2 atom stereocenters. The van der Waals surface area contributed by atoms with Gasteiger partial charge in [-0.1, -0.05) is 0 Å². The predicted octanol–water partition coefficient (Wildman–Crippen LogP) is 2.68. The minimum atomic E-state index is 0.509. The van der Waals surface area contributed by atoms with Crippen molar-refractivity contribution in [2.45, 2.75) is 64.6 Å². The van der Waals surface area contributed by atoms with Crippen LogP contribution < -0.4 is 10.2 Å². The molecule has 1 aromatic heterocycles. The van der Waals surface area contributed by atoms with E-state index in [-0.39, 0.29) is 0 Å². The van der Waals surface area contributed by atoms with E-state index in [1.54, 1.807) is 0 Å². The number of pyridine rings is 1. The third kappa shape index (κ3) is 2.63. The van der Waals surface area contributed by atoms with E-state index in [2.05, 4.69) is 23.2 Å². The minimum absolute atomic E-state index is 0.509. The molecule has 112 valence electrons. The van der Waals surface area contributed by atoms with E-state index < -0.39 is 0 Å². The molecule has 0 amide bonds. The first-order chi connectivity index (χ1) is 10.1. The van der Waals surface area contributed by atoms with Crippen molar-refractivity contribution < 1.29 is 0 Å². The van der Waals surface area contributed by atoms with E-state index in [1.807, 2.05) is 19.9 Å². The topological polar surface area (TPSA) is 52.0 Å². The summed E-state index contributed by atoms with van der Waals surface area (Å²) in [4.78, 5) is 7.07. The fourth-order valence-corrected chi connectivity index (χ4v) is 4.03. The highest BCUT2D eigenvalue weighted by Gasteiger charge is 2.36. The highest BCUT2D eigenvalue weighted by Crippen LogP contribution is 2.33. The third-order valence-electron chi connectivity index (χ3n) is 4.94. The van der Waals surface area contributed by atoms with Crippen LogP contribution in [0, 0.1) is 25.2 Å². The van der Waals surface area contributed by atoms with Crippen molar-refractivity contribution in [3.8, 4) is 6.07 Å². The molecule has 3 heterocycles. The number of anilines is 1. The van der Waals surface area contributed by atoms with Gasteiger partial charge in [0.15, 0.2) is 0 Å². The smallest absolute Gasteiger partial charge is 0.147 e. The molecule has 2 fully saturated rings. The zero-order chi connectivity index (χ0) is 15.0. The Hall–Kier alpha value is -1.60. The van der Waals surface area contributed by atoms with Crippen molar-refractivity contribution in [2.75, 3.05) is 11.4 Å². The monoisotopic (exact) mass is 284 g/mol. The number of fused-ring (bicyclic) bond motifs is 2. The summed E-state index contributed by atoms with van der Waals surface area (Å²) >= 11 is 0. The van der Waals surface area contributed by atoms with E-state index in [4.69, 9.17) is 4.98 Å². The summed E-state index contributed by atoms with van der Waals surface area (Å²) in [5.74, 6) is 0.892. The molecular weight excluding hydrogens is 260 g/mol. The molecule has 0 aliphatic carbocycles. The molecule has 21 heavy (non-hydrogen) atoms. The Morgan fingerprint density at radius 2 is 2.00 bits per heavy atom. The lowest BCUT2D eigenvalue weighted by atomic mass is 9.97. The molecule has 0 saturated carbocycles. The van der Waals surface area contributed by atoms with Crippen LogP contribution in [-0.2, 0) is 0 Å². The van der Waals surface area contributed by atoms with E-state index in [0.29, 0.717) is 18.1 Å². The average Bonchev–Trinajstić information content (AvgIpc) is 2.78. The van der Waals surface area contributed by atoms with Gasteiger partial charge in [0.05, 0.1) is 5.56 Å². The molecule has 0 spiro atoms. The second kappa shape index (κ2) is 5.65. The molecule has 1 aromatic rings. The van der Waals surface area contributed by atoms with Crippen LogP contribution in [0.15, 0.2) is 6.07 Å². The second-order valence-corrected chi connectivity index (χ2v) is 6.44. The van der Waals surface area contributed by atoms with Crippen LogP contribution in [0.25, 0.3) is 0 Å². The van der Waals surface area contributed by atoms with Crippen LogP contribution in [0.1, 0.15) is 49.4 Å². The standard InChI is InChI=1S/C17H24N4/c1-4-21(15-8-13-5-6-14(9-15)20-13)17-16(10-18)11(2)7-12(3)19-17/h7,13-15,20H,4-6,8-9H2,1-3H3. The van der Waals surface area contributed by atoms with Crippen LogP contribution in [0.3, 0.4) is 0 Å². The number of nitrogens with zero attached hydrogens (tertiary/aromatic N) is 3. The van der Waals surface area contributed by atoms with Crippen LogP contribution in [0.4, 0.5) is 5.82 Å². The molecule has 1 N–H and O–H groups in total. The molecule has 2 aliphatic rings. The number of piperidine rings is 1. The normalized spacial score (nSPS) is 27.4. The molecular formula is C17H24N4. The molecule has 2 saturated heterocycles. The lowest BCUT2D eigenvalue weighted by Gasteiger charge is -2.38. The summed E-state index contributed by atoms with van der Waals surface area (Å²) in [5.41, 5.74) is 2.78. The first kappa shape index (κ1) is 14.3. The molecule has 4 heteroatoms. The van der Waals surface area contributed by atoms with Gasteiger partial charge in [-0.05, 0) is 58.1 Å². The SMILES string of the molecule is CCN(c1nc(C)cc(C)c1C#N)C1CC2CCC(C1)N2. The highest BCUT2D eigenvalue weighted by atomic mass is 15.2. The van der Waals surface area contributed by atoms with Crippen molar-refractivity contribution in [1.82, 2.24) is 10.3 Å². The molecule has 2 bridgehead atoms. The zero-order valence-corrected chi connectivity index (χ0v) is 13.2. The molecule has 2 aliphatic heterocycles. The Kier molecular flexibility index (Phi) is 3.86. The van der Waals surface area contributed by atoms with Gasteiger partial charge in [0.2, 0.25) is 0 Å². The van der Waals surface area contributed by atoms with Gasteiger partial charge in [0.25, 0.3) is 0 Å². The van der Waals surface area contributed by atoms with E-state index >= 15 is 0 Å². The van der Waals surface area contributed by atoms with Crippen molar-refractivity contribution in [2.24, 2.45) is 0 Å². The summed E-state index contributed by atoms with van der Waals surface area (Å²) in [7, 11) is 0. The third-order valence-corrected chi connectivity index (χ3v) is 4.94. The Balaban J connectivity index is 1.95. The number of nitrogens with one attached hydrogen (secondary N) is 1. The Labute approximate surface area is 127 Å². The van der Waals surface area contributed by atoms with E-state index in [1.165, 1.54) is 25.7 Å². The maximum atomic E-state index is 9.52. The van der Waals surface area contributed by atoms with Gasteiger partial charge in [0, 0.05) is 30.4 Å². The van der Waals surface area contributed by atoms with Crippen molar-refractivity contribution >= 4 is 5.82 Å². The Morgan fingerprint density at radius 1 is 1.33 bits per heavy atom. The zero-order valence-electron chi connectivity index (χ0n) is 13.2. The van der Waals surface area contributed by atoms with Gasteiger partial charge in [-0.3, -0.25) is 0 Å². The summed E-state index contributed by atoms with van der Waals surface area (Å²) in [6.07, 6.45) is 4.93. The lowest BCUT2D eigenvalue weighted by Crippen LogP contribution is -2.48. The maximum absolute atomic E-state index is 9.52. The van der Waals surface area contributed by atoms with Crippen LogP contribution in [0.5, 0.6) is 0 Å². The maximum Gasteiger partial charge on any atom is 0.147 e. The molecule has 3 rings (SSSR count). The van der Waals surface area contributed by atoms with E-state index in [9.17, 15) is 5.26 Å². The fourth-order valence-electron chi connectivity index (χ4n) is 4.03. The van der Waals surface area contributed by atoms with Gasteiger partial charge in [-0.15, -0.1) is 0 Å². The first-order valence-electron chi connectivity index (χ1n) is 8.03. The van der Waals surface area contributed by atoms with Gasteiger partial charge >= 0.3 is 0 Å². The van der Waals surface area contributed by atoms with Crippen molar-refractivity contribution in [1.29, 1.82) is 5.26 Å². The van der Waals surface area contributed by atoms with Gasteiger partial charge < -0.3 is 10.2 Å². The van der Waals surface area contributed by atoms with Crippen molar-refractivity contribution in [3.63, 3.8) is 0 Å². The minimum Gasteiger partial charge on any atom is -0.353 e.